The van der Waals surface area contributed by atoms with Gasteiger partial charge in [0.05, 0.1) is 15.8 Å². The van der Waals surface area contributed by atoms with Crippen molar-refractivity contribution in [2.75, 3.05) is 32.7 Å². The van der Waals surface area contributed by atoms with Crippen LogP contribution in [0.1, 0.15) is 18.1 Å². The Labute approximate surface area is 175 Å². The highest BCUT2D eigenvalue weighted by Crippen LogP contribution is 2.22. The Morgan fingerprint density at radius 2 is 1.68 bits per heavy atom. The molecule has 5 nitrogen and oxygen atoms in total. The Hall–Kier alpha value is -1.92. The molecule has 7 heteroatoms. The Morgan fingerprint density at radius 1 is 1.00 bits per heavy atom. The molecule has 1 amide bonds. The van der Waals surface area contributed by atoms with Gasteiger partial charge in [0.1, 0.15) is 32.7 Å². The number of amides is 1. The quantitative estimate of drug-likeness (QED) is 0.470. The molecule has 0 radical (unpaired) electrons. The van der Waals surface area contributed by atoms with E-state index in [-0.39, 0.29) is 5.91 Å². The fourth-order valence-electron chi connectivity index (χ4n) is 3.39. The van der Waals surface area contributed by atoms with Crippen molar-refractivity contribution in [1.82, 2.24) is 5.43 Å². The van der Waals surface area contributed by atoms with Crippen LogP contribution in [0.5, 0.6) is 0 Å². The average molecular weight is 421 g/mol. The van der Waals surface area contributed by atoms with Gasteiger partial charge in [-0.3, -0.25) is 4.79 Å². The van der Waals surface area contributed by atoms with E-state index in [0.29, 0.717) is 22.3 Å². The second-order valence-electron chi connectivity index (χ2n) is 7.20. The number of rotatable bonds is 6. The van der Waals surface area contributed by atoms with Gasteiger partial charge in [0.25, 0.3) is 5.91 Å². The van der Waals surface area contributed by atoms with Gasteiger partial charge in [-0.15, -0.1) is 0 Å². The highest BCUT2D eigenvalue weighted by atomic mass is 35.5. The van der Waals surface area contributed by atoms with Gasteiger partial charge in [-0.05, 0) is 24.6 Å². The molecule has 0 atom stereocenters. The molecular weight excluding hydrogens is 395 g/mol. The zero-order chi connectivity index (χ0) is 19.9. The topological polar surface area (TPSA) is 50.3 Å². The summed E-state index contributed by atoms with van der Waals surface area (Å²) >= 11 is 12.0. The van der Waals surface area contributed by atoms with Crippen LogP contribution in [0, 0.1) is 0 Å². The summed E-state index contributed by atoms with van der Waals surface area (Å²) in [5.41, 5.74) is 5.55. The first kappa shape index (κ1) is 20.8. The molecule has 1 fully saturated rings. The molecule has 2 aromatic carbocycles. The maximum Gasteiger partial charge on any atom is 0.295 e. The van der Waals surface area contributed by atoms with Gasteiger partial charge in [-0.25, -0.2) is 5.43 Å². The number of hydrogen-bond donors (Lipinski definition) is 3. The highest BCUT2D eigenvalue weighted by molar-refractivity contribution is 6.42. The number of hydrazone groups is 1. The molecule has 3 rings (SSSR count). The van der Waals surface area contributed by atoms with Crippen LogP contribution < -0.4 is 15.2 Å². The first-order valence-corrected chi connectivity index (χ1v) is 10.3. The minimum absolute atomic E-state index is 0.0686. The molecule has 3 N–H and O–H groups in total. The van der Waals surface area contributed by atoms with Gasteiger partial charge in [0.15, 0.2) is 6.54 Å². The van der Waals surface area contributed by atoms with E-state index < -0.39 is 0 Å². The van der Waals surface area contributed by atoms with Crippen molar-refractivity contribution in [2.45, 2.75) is 13.5 Å². The molecule has 148 valence electrons. The first-order valence-electron chi connectivity index (χ1n) is 9.51. The van der Waals surface area contributed by atoms with Crippen molar-refractivity contribution >= 4 is 34.8 Å². The van der Waals surface area contributed by atoms with Gasteiger partial charge in [0.2, 0.25) is 0 Å². The van der Waals surface area contributed by atoms with Crippen LogP contribution in [0.15, 0.2) is 53.6 Å². The van der Waals surface area contributed by atoms with Gasteiger partial charge in [-0.2, -0.15) is 5.10 Å². The minimum Gasteiger partial charge on any atom is -0.322 e. The number of nitrogens with one attached hydrogen (secondary N) is 3. The van der Waals surface area contributed by atoms with Crippen LogP contribution in [0.4, 0.5) is 0 Å². The van der Waals surface area contributed by atoms with E-state index in [4.69, 9.17) is 23.2 Å². The molecule has 0 saturated carbocycles. The molecule has 1 heterocycles. The van der Waals surface area contributed by atoms with E-state index in [2.05, 4.69) is 34.8 Å². The third kappa shape index (κ3) is 6.04. The third-order valence-corrected chi connectivity index (χ3v) is 5.80. The van der Waals surface area contributed by atoms with Crippen molar-refractivity contribution < 1.29 is 14.6 Å². The van der Waals surface area contributed by atoms with Crippen LogP contribution in [0.2, 0.25) is 10.0 Å². The number of nitrogens with zero attached hydrogens (tertiary/aromatic N) is 1. The van der Waals surface area contributed by atoms with E-state index in [1.807, 2.05) is 19.1 Å². The van der Waals surface area contributed by atoms with Crippen LogP contribution in [-0.4, -0.2) is 44.3 Å². The summed E-state index contributed by atoms with van der Waals surface area (Å²) in [7, 11) is 0. The number of benzene rings is 2. The number of quaternary nitrogens is 2. The van der Waals surface area contributed by atoms with E-state index in [9.17, 15) is 4.79 Å². The molecule has 0 aliphatic carbocycles. The predicted molar refractivity (Wildman–Crippen MR) is 113 cm³/mol. The van der Waals surface area contributed by atoms with Crippen LogP contribution in [0.3, 0.4) is 0 Å². The lowest BCUT2D eigenvalue weighted by molar-refractivity contribution is -1.02. The largest absolute Gasteiger partial charge is 0.322 e. The lowest BCUT2D eigenvalue weighted by Gasteiger charge is -2.29. The van der Waals surface area contributed by atoms with Gasteiger partial charge in [-0.1, -0.05) is 59.6 Å². The van der Waals surface area contributed by atoms with Crippen molar-refractivity contribution in [3.63, 3.8) is 0 Å². The standard InChI is InChI=1S/C21H24Cl2N4O/c1-16(18-7-8-19(22)20(23)13-18)24-25-21(28)15-27-11-9-26(10-12-27)14-17-5-3-2-4-6-17/h2-8,13H,9-12,14-15H2,1H3,(H,25,28)/p+2/b24-16-. The Morgan fingerprint density at radius 3 is 2.36 bits per heavy atom. The molecule has 0 bridgehead atoms. The van der Waals surface area contributed by atoms with E-state index in [1.54, 1.807) is 17.0 Å². The SMILES string of the molecule is C/C(=N/NC(=O)C[NH+]1CC[NH+](Cc2ccccc2)CC1)c1ccc(Cl)c(Cl)c1. The van der Waals surface area contributed by atoms with E-state index in [0.717, 1.165) is 38.3 Å². The number of carbonyl (C=O) groups excluding carboxylic acids is 1. The molecule has 1 saturated heterocycles. The Bertz CT molecular complexity index is 834. The second-order valence-corrected chi connectivity index (χ2v) is 8.01. The average Bonchev–Trinajstić information content (AvgIpc) is 2.70. The summed E-state index contributed by atoms with van der Waals surface area (Å²) < 4.78 is 0. The molecule has 0 spiro atoms. The molecule has 2 aromatic rings. The minimum atomic E-state index is -0.0686. The second kappa shape index (κ2) is 10.0. The lowest BCUT2D eigenvalue weighted by atomic mass is 10.1. The number of piperazine rings is 1. The van der Waals surface area contributed by atoms with Crippen molar-refractivity contribution in [3.8, 4) is 0 Å². The Kier molecular flexibility index (Phi) is 7.45. The first-order chi connectivity index (χ1) is 13.5. The summed E-state index contributed by atoms with van der Waals surface area (Å²) in [5, 5.41) is 5.17. The van der Waals surface area contributed by atoms with Crippen LogP contribution in [-0.2, 0) is 11.3 Å². The summed E-state index contributed by atoms with van der Waals surface area (Å²) in [6, 6.07) is 15.9. The summed E-state index contributed by atoms with van der Waals surface area (Å²) in [6.45, 7) is 7.45. The molecule has 0 aromatic heterocycles. The van der Waals surface area contributed by atoms with Gasteiger partial charge in [0, 0.05) is 5.56 Å². The molecule has 1 aliphatic heterocycles. The Balaban J connectivity index is 1.43. The lowest BCUT2D eigenvalue weighted by Crippen LogP contribution is -3.28. The van der Waals surface area contributed by atoms with Gasteiger partial charge >= 0.3 is 0 Å². The third-order valence-electron chi connectivity index (χ3n) is 5.06. The number of carbonyl (C=O) groups is 1. The maximum absolute atomic E-state index is 12.2. The maximum atomic E-state index is 12.2. The zero-order valence-electron chi connectivity index (χ0n) is 16.0. The molecular formula is C21H26Cl2N4O+2. The highest BCUT2D eigenvalue weighted by Gasteiger charge is 2.24. The van der Waals surface area contributed by atoms with E-state index >= 15 is 0 Å². The molecule has 28 heavy (non-hydrogen) atoms. The summed E-state index contributed by atoms with van der Waals surface area (Å²) in [6.07, 6.45) is 0. The summed E-state index contributed by atoms with van der Waals surface area (Å²) in [4.78, 5) is 15.1. The van der Waals surface area contributed by atoms with E-state index in [1.165, 1.54) is 10.5 Å². The molecule has 1 aliphatic rings. The van der Waals surface area contributed by atoms with Gasteiger partial charge < -0.3 is 9.80 Å². The zero-order valence-corrected chi connectivity index (χ0v) is 17.5. The normalized spacial score (nSPS) is 20.0. The van der Waals surface area contributed by atoms with Crippen LogP contribution in [0.25, 0.3) is 0 Å². The van der Waals surface area contributed by atoms with Crippen molar-refractivity contribution in [3.05, 3.63) is 69.7 Å². The number of halogens is 2. The fraction of sp³-hybridized carbons (Fsp3) is 0.333. The predicted octanol–water partition coefficient (Wildman–Crippen LogP) is 0.817. The van der Waals surface area contributed by atoms with Crippen LogP contribution >= 0.6 is 23.2 Å². The monoisotopic (exact) mass is 420 g/mol. The van der Waals surface area contributed by atoms with Crippen molar-refractivity contribution in [1.29, 1.82) is 0 Å². The number of hydrogen-bond acceptors (Lipinski definition) is 2. The summed E-state index contributed by atoms with van der Waals surface area (Å²) in [5.74, 6) is -0.0686. The fourth-order valence-corrected chi connectivity index (χ4v) is 3.69. The smallest absolute Gasteiger partial charge is 0.295 e. The molecule has 0 unspecified atom stereocenters. The van der Waals surface area contributed by atoms with Crippen molar-refractivity contribution in [2.24, 2.45) is 5.10 Å².